The summed E-state index contributed by atoms with van der Waals surface area (Å²) in [6, 6.07) is 0. The summed E-state index contributed by atoms with van der Waals surface area (Å²) in [5.41, 5.74) is 5.13. The van der Waals surface area contributed by atoms with Gasteiger partial charge in [0.25, 0.3) is 0 Å². The molecule has 0 unspecified atom stereocenters. The van der Waals surface area contributed by atoms with Gasteiger partial charge in [0.05, 0.1) is 6.54 Å². The Hall–Kier alpha value is -0.630. The van der Waals surface area contributed by atoms with Crippen LogP contribution >= 0.6 is 12.4 Å². The Morgan fingerprint density at radius 2 is 1.82 bits per heavy atom. The second-order valence-electron chi connectivity index (χ2n) is 1.91. The summed E-state index contributed by atoms with van der Waals surface area (Å²) in [5.74, 6) is 11.0. The molecule has 0 atom stereocenters. The van der Waals surface area contributed by atoms with Crippen LogP contribution in [0.3, 0.4) is 0 Å². The zero-order chi connectivity index (χ0) is 7.66. The van der Waals surface area contributed by atoms with Crippen LogP contribution in [0.5, 0.6) is 0 Å². The Balaban J connectivity index is 0. The molecule has 0 spiro atoms. The van der Waals surface area contributed by atoms with Gasteiger partial charge in [-0.1, -0.05) is 25.2 Å². The van der Waals surface area contributed by atoms with Gasteiger partial charge >= 0.3 is 0 Å². The number of hydrogen-bond acceptors (Lipinski definition) is 1. The summed E-state index contributed by atoms with van der Waals surface area (Å²) in [5, 5.41) is 0. The SMILES string of the molecule is CCCCC#CC#CCN.Cl. The minimum Gasteiger partial charge on any atom is -0.320 e. The van der Waals surface area contributed by atoms with Crippen molar-refractivity contribution >= 4 is 12.4 Å². The second kappa shape index (κ2) is 12.1. The third kappa shape index (κ3) is 12.5. The third-order valence-electron chi connectivity index (χ3n) is 0.997. The summed E-state index contributed by atoms with van der Waals surface area (Å²) < 4.78 is 0. The van der Waals surface area contributed by atoms with Crippen LogP contribution in [0.25, 0.3) is 0 Å². The van der Waals surface area contributed by atoms with E-state index >= 15 is 0 Å². The molecule has 0 aromatic heterocycles. The van der Waals surface area contributed by atoms with Crippen molar-refractivity contribution in [1.29, 1.82) is 0 Å². The van der Waals surface area contributed by atoms with Crippen molar-refractivity contribution in [2.24, 2.45) is 5.73 Å². The van der Waals surface area contributed by atoms with E-state index in [1.165, 1.54) is 6.42 Å². The van der Waals surface area contributed by atoms with E-state index in [9.17, 15) is 0 Å². The maximum atomic E-state index is 5.13. The summed E-state index contributed by atoms with van der Waals surface area (Å²) in [6.07, 6.45) is 3.31. The van der Waals surface area contributed by atoms with Crippen LogP contribution in [0.1, 0.15) is 26.2 Å². The van der Waals surface area contributed by atoms with E-state index in [-0.39, 0.29) is 12.4 Å². The van der Waals surface area contributed by atoms with E-state index in [4.69, 9.17) is 5.73 Å². The fourth-order valence-corrected chi connectivity index (χ4v) is 0.467. The van der Waals surface area contributed by atoms with Gasteiger partial charge in [-0.25, -0.2) is 0 Å². The quantitative estimate of drug-likeness (QED) is 0.496. The molecule has 0 saturated carbocycles. The summed E-state index contributed by atoms with van der Waals surface area (Å²) in [4.78, 5) is 0. The number of nitrogens with two attached hydrogens (primary N) is 1. The Kier molecular flexibility index (Phi) is 14.3. The van der Waals surface area contributed by atoms with Crippen molar-refractivity contribution in [3.8, 4) is 23.7 Å². The Morgan fingerprint density at radius 3 is 2.36 bits per heavy atom. The van der Waals surface area contributed by atoms with E-state index in [0.717, 1.165) is 12.8 Å². The number of rotatable bonds is 2. The first-order chi connectivity index (χ1) is 4.91. The predicted octanol–water partition coefficient (Wildman–Crippen LogP) is 1.56. The zero-order valence-electron chi connectivity index (χ0n) is 6.81. The normalized spacial score (nSPS) is 6.36. The van der Waals surface area contributed by atoms with Crippen LogP contribution in [0, 0.1) is 23.7 Å². The van der Waals surface area contributed by atoms with E-state index in [2.05, 4.69) is 30.6 Å². The van der Waals surface area contributed by atoms with Gasteiger partial charge in [0, 0.05) is 6.42 Å². The first-order valence-electron chi connectivity index (χ1n) is 3.57. The lowest BCUT2D eigenvalue weighted by atomic mass is 10.2. The number of unbranched alkanes of at least 4 members (excludes halogenated alkanes) is 2. The average molecular weight is 172 g/mol. The molecular formula is C9H14ClN. The Bertz CT molecular complexity index is 177. The van der Waals surface area contributed by atoms with Crippen molar-refractivity contribution in [2.45, 2.75) is 26.2 Å². The third-order valence-corrected chi connectivity index (χ3v) is 0.997. The molecule has 62 valence electrons. The number of halogens is 1. The maximum Gasteiger partial charge on any atom is 0.0561 e. The molecule has 0 rings (SSSR count). The van der Waals surface area contributed by atoms with E-state index < -0.39 is 0 Å². The average Bonchev–Trinajstić information content (AvgIpc) is 1.97. The molecule has 0 aromatic carbocycles. The molecule has 0 saturated heterocycles. The zero-order valence-corrected chi connectivity index (χ0v) is 7.63. The highest BCUT2D eigenvalue weighted by atomic mass is 35.5. The molecule has 0 fully saturated rings. The molecule has 0 bridgehead atoms. The van der Waals surface area contributed by atoms with Crippen molar-refractivity contribution in [3.05, 3.63) is 0 Å². The molecule has 0 aliphatic heterocycles. The molecule has 0 aliphatic rings. The van der Waals surface area contributed by atoms with Crippen LogP contribution in [0.4, 0.5) is 0 Å². The first kappa shape index (κ1) is 13.0. The monoisotopic (exact) mass is 171 g/mol. The van der Waals surface area contributed by atoms with Crippen molar-refractivity contribution < 1.29 is 0 Å². The smallest absolute Gasteiger partial charge is 0.0561 e. The van der Waals surface area contributed by atoms with Gasteiger partial charge in [0.15, 0.2) is 0 Å². The molecule has 2 N–H and O–H groups in total. The molecule has 0 heterocycles. The topological polar surface area (TPSA) is 26.0 Å². The Morgan fingerprint density at radius 1 is 1.18 bits per heavy atom. The van der Waals surface area contributed by atoms with Gasteiger partial charge in [0.1, 0.15) is 0 Å². The molecule has 1 nitrogen and oxygen atoms in total. The highest BCUT2D eigenvalue weighted by Crippen LogP contribution is 1.89. The largest absolute Gasteiger partial charge is 0.320 e. The fraction of sp³-hybridized carbons (Fsp3) is 0.556. The van der Waals surface area contributed by atoms with Gasteiger partial charge in [-0.15, -0.1) is 12.4 Å². The van der Waals surface area contributed by atoms with Crippen LogP contribution in [-0.2, 0) is 0 Å². The minimum absolute atomic E-state index is 0. The van der Waals surface area contributed by atoms with Crippen LogP contribution in [-0.4, -0.2) is 6.54 Å². The fourth-order valence-electron chi connectivity index (χ4n) is 0.467. The van der Waals surface area contributed by atoms with Crippen molar-refractivity contribution in [3.63, 3.8) is 0 Å². The first-order valence-corrected chi connectivity index (χ1v) is 3.57. The molecule has 0 radical (unpaired) electrons. The van der Waals surface area contributed by atoms with E-state index in [1.807, 2.05) is 0 Å². The molecule has 0 aromatic rings. The lowest BCUT2D eigenvalue weighted by molar-refractivity contribution is 0.828. The summed E-state index contributed by atoms with van der Waals surface area (Å²) in [7, 11) is 0. The van der Waals surface area contributed by atoms with Crippen LogP contribution < -0.4 is 5.73 Å². The minimum atomic E-state index is 0. The van der Waals surface area contributed by atoms with Gasteiger partial charge in [-0.2, -0.15) is 0 Å². The lowest BCUT2D eigenvalue weighted by Crippen LogP contribution is -1.92. The van der Waals surface area contributed by atoms with Crippen LogP contribution in [0.2, 0.25) is 0 Å². The lowest BCUT2D eigenvalue weighted by Gasteiger charge is -1.80. The van der Waals surface area contributed by atoms with Gasteiger partial charge in [-0.05, 0) is 18.3 Å². The summed E-state index contributed by atoms with van der Waals surface area (Å²) in [6.45, 7) is 2.55. The maximum absolute atomic E-state index is 5.13. The second-order valence-corrected chi connectivity index (χ2v) is 1.91. The van der Waals surface area contributed by atoms with Crippen molar-refractivity contribution in [2.75, 3.05) is 6.54 Å². The van der Waals surface area contributed by atoms with Crippen molar-refractivity contribution in [1.82, 2.24) is 0 Å². The highest BCUT2D eigenvalue weighted by molar-refractivity contribution is 5.85. The van der Waals surface area contributed by atoms with E-state index in [1.54, 1.807) is 0 Å². The standard InChI is InChI=1S/C9H13N.ClH/c1-2-3-4-5-6-7-8-9-10;/h2-4,9-10H2,1H3;1H. The highest BCUT2D eigenvalue weighted by Gasteiger charge is 1.73. The molecule has 0 amide bonds. The molecule has 11 heavy (non-hydrogen) atoms. The van der Waals surface area contributed by atoms with E-state index in [0.29, 0.717) is 6.54 Å². The number of hydrogen-bond donors (Lipinski definition) is 1. The summed E-state index contributed by atoms with van der Waals surface area (Å²) >= 11 is 0. The van der Waals surface area contributed by atoms with Gasteiger partial charge in [-0.3, -0.25) is 0 Å². The van der Waals surface area contributed by atoms with Gasteiger partial charge < -0.3 is 5.73 Å². The Labute approximate surface area is 75.2 Å². The van der Waals surface area contributed by atoms with Gasteiger partial charge in [0.2, 0.25) is 0 Å². The molecule has 0 aliphatic carbocycles. The molecular weight excluding hydrogens is 158 g/mol. The predicted molar refractivity (Wildman–Crippen MR) is 51.4 cm³/mol. The van der Waals surface area contributed by atoms with Crippen LogP contribution in [0.15, 0.2) is 0 Å². The molecule has 2 heteroatoms.